The highest BCUT2D eigenvalue weighted by molar-refractivity contribution is 6.05. The predicted molar refractivity (Wildman–Crippen MR) is 110 cm³/mol. The minimum Gasteiger partial charge on any atom is -0.495 e. The Morgan fingerprint density at radius 2 is 1.86 bits per heavy atom. The highest BCUT2D eigenvalue weighted by Gasteiger charge is 2.19. The summed E-state index contributed by atoms with van der Waals surface area (Å²) in [5, 5.41) is 13.1. The maximum atomic E-state index is 12.5. The zero-order valence-corrected chi connectivity index (χ0v) is 16.4. The molecule has 3 rings (SSSR count). The summed E-state index contributed by atoms with van der Waals surface area (Å²) in [4.78, 5) is 24.8. The molecule has 4 N–H and O–H groups in total. The van der Waals surface area contributed by atoms with Gasteiger partial charge in [0.1, 0.15) is 12.3 Å². The number of aryl methyl sites for hydroxylation is 2. The van der Waals surface area contributed by atoms with Gasteiger partial charge in [0.2, 0.25) is 5.91 Å². The molecule has 0 aliphatic rings. The number of hydrogen-bond acceptors (Lipinski definition) is 6. The van der Waals surface area contributed by atoms with E-state index in [0.717, 1.165) is 11.1 Å². The summed E-state index contributed by atoms with van der Waals surface area (Å²) in [6.45, 7) is 3.74. The van der Waals surface area contributed by atoms with Gasteiger partial charge in [-0.15, -0.1) is 5.10 Å². The first-order valence-corrected chi connectivity index (χ1v) is 8.89. The molecular weight excluding hydrogens is 372 g/mol. The highest BCUT2D eigenvalue weighted by atomic mass is 16.5. The van der Waals surface area contributed by atoms with Crippen LogP contribution in [0, 0.1) is 13.8 Å². The number of nitrogens with two attached hydrogens (primary N) is 1. The van der Waals surface area contributed by atoms with Crippen LogP contribution >= 0.6 is 0 Å². The first kappa shape index (κ1) is 19.9. The Labute approximate surface area is 167 Å². The second kappa shape index (κ2) is 8.42. The molecule has 0 saturated heterocycles. The molecule has 0 saturated carbocycles. The van der Waals surface area contributed by atoms with Crippen LogP contribution in [0.5, 0.6) is 5.75 Å². The van der Waals surface area contributed by atoms with E-state index in [1.165, 1.54) is 11.8 Å². The van der Waals surface area contributed by atoms with Gasteiger partial charge in [-0.2, -0.15) is 0 Å². The van der Waals surface area contributed by atoms with Gasteiger partial charge in [0, 0.05) is 5.69 Å². The fourth-order valence-electron chi connectivity index (χ4n) is 2.68. The Hall–Kier alpha value is -3.88. The molecule has 150 valence electrons. The molecule has 0 unspecified atom stereocenters. The monoisotopic (exact) mass is 394 g/mol. The van der Waals surface area contributed by atoms with Crippen molar-refractivity contribution in [2.75, 3.05) is 23.5 Å². The van der Waals surface area contributed by atoms with E-state index in [4.69, 9.17) is 10.5 Å². The van der Waals surface area contributed by atoms with Gasteiger partial charge in [-0.05, 0) is 49.2 Å². The van der Waals surface area contributed by atoms with Crippen LogP contribution < -0.4 is 21.1 Å². The average Bonchev–Trinajstić information content (AvgIpc) is 3.05. The molecule has 0 aliphatic heterocycles. The normalized spacial score (nSPS) is 10.4. The standard InChI is InChI=1S/C20H22N6O3/c1-12-8-9-14(10-13(12)2)22-20(28)18-19(21)26(25-24-18)11-17(27)23-15-6-4-5-7-16(15)29-3/h4-10H,11,21H2,1-3H3,(H,22,28)(H,23,27). The fraction of sp³-hybridized carbons (Fsp3) is 0.200. The van der Waals surface area contributed by atoms with Crippen molar-refractivity contribution >= 4 is 29.0 Å². The van der Waals surface area contributed by atoms with Gasteiger partial charge in [0.15, 0.2) is 11.5 Å². The van der Waals surface area contributed by atoms with Crippen LogP contribution in [0.2, 0.25) is 0 Å². The van der Waals surface area contributed by atoms with Crippen LogP contribution in [-0.4, -0.2) is 33.9 Å². The summed E-state index contributed by atoms with van der Waals surface area (Å²) in [6.07, 6.45) is 0. The summed E-state index contributed by atoms with van der Waals surface area (Å²) in [6, 6.07) is 12.6. The van der Waals surface area contributed by atoms with E-state index in [9.17, 15) is 9.59 Å². The molecule has 0 radical (unpaired) electrons. The van der Waals surface area contributed by atoms with Crippen molar-refractivity contribution < 1.29 is 14.3 Å². The molecule has 0 atom stereocenters. The summed E-state index contributed by atoms with van der Waals surface area (Å²) in [7, 11) is 1.51. The number of amides is 2. The van der Waals surface area contributed by atoms with Crippen molar-refractivity contribution in [2.24, 2.45) is 0 Å². The van der Waals surface area contributed by atoms with E-state index >= 15 is 0 Å². The van der Waals surface area contributed by atoms with Crippen molar-refractivity contribution in [1.82, 2.24) is 15.0 Å². The van der Waals surface area contributed by atoms with Gasteiger partial charge in [-0.1, -0.05) is 23.4 Å². The summed E-state index contributed by atoms with van der Waals surface area (Å²) < 4.78 is 6.37. The Morgan fingerprint density at radius 1 is 1.10 bits per heavy atom. The number of ether oxygens (including phenoxy) is 1. The predicted octanol–water partition coefficient (Wildman–Crippen LogP) is 2.38. The second-order valence-corrected chi connectivity index (χ2v) is 6.48. The van der Waals surface area contributed by atoms with Gasteiger partial charge < -0.3 is 21.1 Å². The molecule has 2 amide bonds. The summed E-state index contributed by atoms with van der Waals surface area (Å²) in [5.41, 5.74) is 9.25. The highest BCUT2D eigenvalue weighted by Crippen LogP contribution is 2.23. The number of nitrogens with zero attached hydrogens (tertiary/aromatic N) is 3. The van der Waals surface area contributed by atoms with E-state index in [-0.39, 0.29) is 24.0 Å². The lowest BCUT2D eigenvalue weighted by atomic mass is 10.1. The minimum atomic E-state index is -0.498. The van der Waals surface area contributed by atoms with Crippen LogP contribution in [0.15, 0.2) is 42.5 Å². The largest absolute Gasteiger partial charge is 0.495 e. The SMILES string of the molecule is COc1ccccc1NC(=O)Cn1nnc(C(=O)Nc2ccc(C)c(C)c2)c1N. The van der Waals surface area contributed by atoms with Crippen molar-refractivity contribution in [2.45, 2.75) is 20.4 Å². The smallest absolute Gasteiger partial charge is 0.280 e. The van der Waals surface area contributed by atoms with Gasteiger partial charge in [-0.25, -0.2) is 4.68 Å². The number of nitrogen functional groups attached to an aromatic ring is 1. The van der Waals surface area contributed by atoms with Crippen LogP contribution in [-0.2, 0) is 11.3 Å². The molecular formula is C20H22N6O3. The molecule has 9 heteroatoms. The van der Waals surface area contributed by atoms with Crippen molar-refractivity contribution in [3.05, 3.63) is 59.3 Å². The van der Waals surface area contributed by atoms with E-state index < -0.39 is 5.91 Å². The van der Waals surface area contributed by atoms with Gasteiger partial charge in [0.05, 0.1) is 12.8 Å². The topological polar surface area (TPSA) is 124 Å². The number of carbonyl (C=O) groups excluding carboxylic acids is 2. The molecule has 0 spiro atoms. The van der Waals surface area contributed by atoms with E-state index in [2.05, 4.69) is 20.9 Å². The lowest BCUT2D eigenvalue weighted by Gasteiger charge is -2.10. The number of benzene rings is 2. The van der Waals surface area contributed by atoms with Gasteiger partial charge in [0.25, 0.3) is 5.91 Å². The lowest BCUT2D eigenvalue weighted by Crippen LogP contribution is -2.21. The summed E-state index contributed by atoms with van der Waals surface area (Å²) in [5.74, 6) is -0.350. The minimum absolute atomic E-state index is 0.00140. The number of rotatable bonds is 6. The molecule has 0 bridgehead atoms. The second-order valence-electron chi connectivity index (χ2n) is 6.48. The third-order valence-electron chi connectivity index (χ3n) is 4.43. The van der Waals surface area contributed by atoms with Crippen LogP contribution in [0.25, 0.3) is 0 Å². The molecule has 3 aromatic rings. The molecule has 0 aliphatic carbocycles. The third kappa shape index (κ3) is 4.52. The number of para-hydroxylation sites is 2. The van der Waals surface area contributed by atoms with E-state index in [1.807, 2.05) is 26.0 Å². The molecule has 1 aromatic heterocycles. The van der Waals surface area contributed by atoms with Crippen molar-refractivity contribution in [3.63, 3.8) is 0 Å². The lowest BCUT2D eigenvalue weighted by molar-refractivity contribution is -0.116. The summed E-state index contributed by atoms with van der Waals surface area (Å²) >= 11 is 0. The Balaban J connectivity index is 1.69. The Morgan fingerprint density at radius 3 is 2.59 bits per heavy atom. The number of aromatic nitrogens is 3. The molecule has 9 nitrogen and oxygen atoms in total. The maximum Gasteiger partial charge on any atom is 0.280 e. The van der Waals surface area contributed by atoms with Gasteiger partial charge in [-0.3, -0.25) is 9.59 Å². The van der Waals surface area contributed by atoms with Crippen LogP contribution in [0.3, 0.4) is 0 Å². The number of carbonyl (C=O) groups is 2. The Bertz CT molecular complexity index is 1060. The van der Waals surface area contributed by atoms with Crippen LogP contribution in [0.1, 0.15) is 21.6 Å². The molecule has 29 heavy (non-hydrogen) atoms. The number of methoxy groups -OCH3 is 1. The van der Waals surface area contributed by atoms with E-state index in [1.54, 1.807) is 30.3 Å². The molecule has 0 fully saturated rings. The number of anilines is 3. The van der Waals surface area contributed by atoms with Gasteiger partial charge >= 0.3 is 0 Å². The van der Waals surface area contributed by atoms with Crippen molar-refractivity contribution in [3.8, 4) is 5.75 Å². The van der Waals surface area contributed by atoms with E-state index in [0.29, 0.717) is 17.1 Å². The average molecular weight is 394 g/mol. The number of nitrogens with one attached hydrogen (secondary N) is 2. The Kier molecular flexibility index (Phi) is 5.77. The zero-order chi connectivity index (χ0) is 21.0. The number of hydrogen-bond donors (Lipinski definition) is 3. The first-order chi connectivity index (χ1) is 13.9. The zero-order valence-electron chi connectivity index (χ0n) is 16.4. The van der Waals surface area contributed by atoms with Crippen molar-refractivity contribution in [1.29, 1.82) is 0 Å². The molecule has 1 heterocycles. The maximum absolute atomic E-state index is 12.5. The quantitative estimate of drug-likeness (QED) is 0.590. The fourth-order valence-corrected chi connectivity index (χ4v) is 2.68. The molecule has 2 aromatic carbocycles. The van der Waals surface area contributed by atoms with Crippen LogP contribution in [0.4, 0.5) is 17.2 Å². The first-order valence-electron chi connectivity index (χ1n) is 8.89. The third-order valence-corrected chi connectivity index (χ3v) is 4.43.